The summed E-state index contributed by atoms with van der Waals surface area (Å²) in [6.07, 6.45) is 51.2. The standard InChI is InChI=1S/C48H88NO7P/c1-6-8-10-12-14-16-18-20-22-24-26-28-30-32-34-36-38-40-43-53-45-47(46-55-57(51,52)54-44-42-49(3,4)5)56-48(50)41-39-37-35-33-31-29-27-25-23-21-19-17-15-13-11-9-7-2/h9,11,15,17,21,23,27,29,33,35,47H,6-8,10,12-14,16,18-20,22,24-26,28,30-32,34,36-46H2,1-5H3/p+1/b11-9-,17-15-,23-21-,29-27-,35-33-/t47-/m1/s1. The quantitative estimate of drug-likeness (QED) is 0.0215. The summed E-state index contributed by atoms with van der Waals surface area (Å²) in [6, 6.07) is 0. The van der Waals surface area contributed by atoms with E-state index in [-0.39, 0.29) is 32.2 Å². The van der Waals surface area contributed by atoms with Crippen molar-refractivity contribution < 1.29 is 37.3 Å². The number of carbonyl (C=O) groups is 1. The van der Waals surface area contributed by atoms with Gasteiger partial charge in [-0.15, -0.1) is 0 Å². The summed E-state index contributed by atoms with van der Waals surface area (Å²) >= 11 is 0. The maximum absolute atomic E-state index is 12.7. The van der Waals surface area contributed by atoms with E-state index in [0.29, 0.717) is 24.1 Å². The van der Waals surface area contributed by atoms with Gasteiger partial charge in [0.05, 0.1) is 34.4 Å². The summed E-state index contributed by atoms with van der Waals surface area (Å²) in [5, 5.41) is 0. The van der Waals surface area contributed by atoms with Crippen molar-refractivity contribution in [2.75, 3.05) is 54.1 Å². The van der Waals surface area contributed by atoms with Crippen molar-refractivity contribution in [3.63, 3.8) is 0 Å². The Labute approximate surface area is 351 Å². The molecule has 9 heteroatoms. The Morgan fingerprint density at radius 3 is 1.46 bits per heavy atom. The van der Waals surface area contributed by atoms with E-state index in [0.717, 1.165) is 51.4 Å². The topological polar surface area (TPSA) is 91.3 Å². The molecule has 0 aliphatic carbocycles. The van der Waals surface area contributed by atoms with Gasteiger partial charge in [0, 0.05) is 13.0 Å². The molecule has 0 spiro atoms. The number of likely N-dealkylation sites (N-methyl/N-ethyl adjacent to an activating group) is 1. The maximum Gasteiger partial charge on any atom is 0.472 e. The van der Waals surface area contributed by atoms with Crippen molar-refractivity contribution in [3.8, 4) is 0 Å². The van der Waals surface area contributed by atoms with Gasteiger partial charge in [0.25, 0.3) is 0 Å². The summed E-state index contributed by atoms with van der Waals surface area (Å²) < 4.78 is 35.0. The van der Waals surface area contributed by atoms with Crippen molar-refractivity contribution in [3.05, 3.63) is 60.8 Å². The molecule has 0 saturated heterocycles. The van der Waals surface area contributed by atoms with Crippen molar-refractivity contribution in [1.29, 1.82) is 0 Å². The monoisotopic (exact) mass is 823 g/mol. The predicted octanol–water partition coefficient (Wildman–Crippen LogP) is 13.7. The first-order chi connectivity index (χ1) is 27.6. The molecule has 0 aromatic carbocycles. The van der Waals surface area contributed by atoms with Gasteiger partial charge in [0.2, 0.25) is 0 Å². The smallest absolute Gasteiger partial charge is 0.457 e. The van der Waals surface area contributed by atoms with Gasteiger partial charge in [-0.1, -0.05) is 184 Å². The van der Waals surface area contributed by atoms with E-state index in [4.69, 9.17) is 18.5 Å². The van der Waals surface area contributed by atoms with Crippen LogP contribution in [0.2, 0.25) is 0 Å². The number of allylic oxidation sites excluding steroid dienone is 10. The van der Waals surface area contributed by atoms with E-state index in [9.17, 15) is 14.3 Å². The lowest BCUT2D eigenvalue weighted by Gasteiger charge is -2.24. The van der Waals surface area contributed by atoms with Gasteiger partial charge >= 0.3 is 13.8 Å². The van der Waals surface area contributed by atoms with Gasteiger partial charge in [0.1, 0.15) is 19.3 Å². The number of rotatable bonds is 42. The summed E-state index contributed by atoms with van der Waals surface area (Å²) in [7, 11) is 1.63. The number of hydrogen-bond acceptors (Lipinski definition) is 6. The van der Waals surface area contributed by atoms with Crippen LogP contribution in [-0.4, -0.2) is 75.6 Å². The van der Waals surface area contributed by atoms with Crippen LogP contribution in [-0.2, 0) is 27.9 Å². The fourth-order valence-electron chi connectivity index (χ4n) is 6.06. The Hall–Kier alpha value is -1.80. The van der Waals surface area contributed by atoms with E-state index in [1.807, 2.05) is 21.1 Å². The first-order valence-corrected chi connectivity index (χ1v) is 24.5. The molecule has 8 nitrogen and oxygen atoms in total. The highest BCUT2D eigenvalue weighted by Crippen LogP contribution is 2.43. The van der Waals surface area contributed by atoms with Crippen molar-refractivity contribution in [1.82, 2.24) is 0 Å². The van der Waals surface area contributed by atoms with E-state index in [1.54, 1.807) is 0 Å². The second-order valence-corrected chi connectivity index (χ2v) is 17.9. The normalized spacial score (nSPS) is 14.3. The van der Waals surface area contributed by atoms with E-state index >= 15 is 0 Å². The van der Waals surface area contributed by atoms with Gasteiger partial charge in [-0.2, -0.15) is 0 Å². The van der Waals surface area contributed by atoms with Gasteiger partial charge < -0.3 is 18.9 Å². The Balaban J connectivity index is 4.29. The zero-order valence-corrected chi connectivity index (χ0v) is 38.5. The number of unbranched alkanes of at least 4 members (excludes halogenated alkanes) is 18. The molecule has 0 fully saturated rings. The molecule has 1 unspecified atom stereocenters. The molecule has 332 valence electrons. The van der Waals surface area contributed by atoms with Crippen LogP contribution >= 0.6 is 7.82 Å². The average Bonchev–Trinajstić information content (AvgIpc) is 3.16. The minimum Gasteiger partial charge on any atom is -0.457 e. The number of esters is 1. The number of hydrogen-bond donors (Lipinski definition) is 1. The third-order valence-corrected chi connectivity index (χ3v) is 10.6. The van der Waals surface area contributed by atoms with Gasteiger partial charge in [0.15, 0.2) is 0 Å². The first-order valence-electron chi connectivity index (χ1n) is 23.0. The van der Waals surface area contributed by atoms with Crippen molar-refractivity contribution >= 4 is 13.8 Å². The Morgan fingerprint density at radius 1 is 0.561 bits per heavy atom. The molecule has 1 N–H and O–H groups in total. The third kappa shape index (κ3) is 45.1. The number of carbonyl (C=O) groups excluding carboxylic acids is 1. The summed E-state index contributed by atoms with van der Waals surface area (Å²) in [5.74, 6) is -0.369. The number of quaternary nitrogens is 1. The maximum atomic E-state index is 12.7. The molecule has 0 aromatic heterocycles. The lowest BCUT2D eigenvalue weighted by molar-refractivity contribution is -0.870. The average molecular weight is 823 g/mol. The minimum atomic E-state index is -4.29. The molecule has 0 saturated carbocycles. The summed E-state index contributed by atoms with van der Waals surface area (Å²) in [6.45, 7) is 5.44. The highest BCUT2D eigenvalue weighted by molar-refractivity contribution is 7.47. The molecular weight excluding hydrogens is 734 g/mol. The fraction of sp³-hybridized carbons (Fsp3) is 0.771. The Kier molecular flexibility index (Phi) is 39.7. The summed E-state index contributed by atoms with van der Waals surface area (Å²) in [5.41, 5.74) is 0. The van der Waals surface area contributed by atoms with Gasteiger partial charge in [-0.25, -0.2) is 4.57 Å². The second-order valence-electron chi connectivity index (χ2n) is 16.4. The van der Waals surface area contributed by atoms with Crippen LogP contribution in [0.15, 0.2) is 60.8 Å². The van der Waals surface area contributed by atoms with Crippen LogP contribution in [0, 0.1) is 0 Å². The zero-order valence-electron chi connectivity index (χ0n) is 37.6. The second kappa shape index (κ2) is 41.0. The molecule has 0 rings (SSSR count). The predicted molar refractivity (Wildman–Crippen MR) is 242 cm³/mol. The fourth-order valence-corrected chi connectivity index (χ4v) is 6.80. The molecule has 0 aromatic rings. The lowest BCUT2D eigenvalue weighted by atomic mass is 10.0. The van der Waals surface area contributed by atoms with Gasteiger partial charge in [-0.3, -0.25) is 13.8 Å². The highest BCUT2D eigenvalue weighted by atomic mass is 31.2. The lowest BCUT2D eigenvalue weighted by Crippen LogP contribution is -2.37. The summed E-state index contributed by atoms with van der Waals surface area (Å²) in [4.78, 5) is 22.9. The van der Waals surface area contributed by atoms with Crippen LogP contribution in [0.4, 0.5) is 0 Å². The van der Waals surface area contributed by atoms with Crippen LogP contribution in [0.5, 0.6) is 0 Å². The van der Waals surface area contributed by atoms with E-state index < -0.39 is 13.9 Å². The number of nitrogens with zero attached hydrogens (tertiary/aromatic N) is 1. The molecular formula is C48H89NO7P+. The molecule has 57 heavy (non-hydrogen) atoms. The molecule has 2 atom stereocenters. The largest absolute Gasteiger partial charge is 0.472 e. The van der Waals surface area contributed by atoms with Gasteiger partial charge in [-0.05, 0) is 51.4 Å². The van der Waals surface area contributed by atoms with Crippen LogP contribution in [0.1, 0.15) is 181 Å². The van der Waals surface area contributed by atoms with E-state index in [2.05, 4.69) is 74.6 Å². The van der Waals surface area contributed by atoms with E-state index in [1.165, 1.54) is 103 Å². The number of phosphoric acid groups is 1. The third-order valence-electron chi connectivity index (χ3n) is 9.59. The van der Waals surface area contributed by atoms with Crippen LogP contribution in [0.25, 0.3) is 0 Å². The first kappa shape index (κ1) is 55.2. The molecule has 0 amide bonds. The van der Waals surface area contributed by atoms with Crippen molar-refractivity contribution in [2.24, 2.45) is 0 Å². The van der Waals surface area contributed by atoms with Crippen LogP contribution < -0.4 is 0 Å². The van der Waals surface area contributed by atoms with Crippen molar-refractivity contribution in [2.45, 2.75) is 187 Å². The number of phosphoric ester groups is 1. The Bertz CT molecular complexity index is 1090. The minimum absolute atomic E-state index is 0.0768. The highest BCUT2D eigenvalue weighted by Gasteiger charge is 2.26. The number of ether oxygens (including phenoxy) is 2. The zero-order chi connectivity index (χ0) is 42.0. The molecule has 0 radical (unpaired) electrons. The molecule has 0 heterocycles. The Morgan fingerprint density at radius 2 is 1.00 bits per heavy atom. The molecule has 0 aliphatic rings. The molecule has 0 aliphatic heterocycles. The van der Waals surface area contributed by atoms with Crippen LogP contribution in [0.3, 0.4) is 0 Å². The SMILES string of the molecule is CC/C=C\C/C=C\C/C=C\C/C=C\C/C=C\CCCC(=O)O[C@H](COCCCCCCCCCCCCCCCCCCCC)COP(=O)(O)OCC[N+](C)(C)C. The molecule has 0 bridgehead atoms.